The molecule has 6 nitrogen and oxygen atoms in total. The van der Waals surface area contributed by atoms with Crippen LogP contribution in [0.4, 0.5) is 0 Å². The number of aromatic nitrogens is 2. The number of aryl methyl sites for hydroxylation is 1. The molecule has 1 aromatic rings. The molecular weight excluding hydrogens is 280 g/mol. The first-order chi connectivity index (χ1) is 10.3. The summed E-state index contributed by atoms with van der Waals surface area (Å²) in [7, 11) is 1.79. The Balaban J connectivity index is 2.04. The van der Waals surface area contributed by atoms with E-state index in [0.29, 0.717) is 25.6 Å². The van der Waals surface area contributed by atoms with Crippen LogP contribution in [-0.2, 0) is 16.1 Å². The Morgan fingerprint density at radius 3 is 2.55 bits per heavy atom. The average Bonchev–Trinajstić information content (AvgIpc) is 2.97. The maximum Gasteiger partial charge on any atom is 0.242 e. The van der Waals surface area contributed by atoms with E-state index in [1.165, 1.54) is 0 Å². The molecule has 0 radical (unpaired) electrons. The minimum atomic E-state index is -0.0219. The van der Waals surface area contributed by atoms with Crippen LogP contribution >= 0.6 is 0 Å². The fourth-order valence-electron chi connectivity index (χ4n) is 2.91. The normalized spacial score (nSPS) is 15.0. The largest absolute Gasteiger partial charge is 0.340 e. The van der Waals surface area contributed by atoms with Gasteiger partial charge in [-0.05, 0) is 34.1 Å². The molecule has 122 valence electrons. The van der Waals surface area contributed by atoms with E-state index in [2.05, 4.69) is 18.9 Å². The Morgan fingerprint density at radius 2 is 2.05 bits per heavy atom. The molecule has 0 bridgehead atoms. The molecule has 1 fully saturated rings. The predicted octanol–water partition coefficient (Wildman–Crippen LogP) is 1.66. The van der Waals surface area contributed by atoms with Gasteiger partial charge in [-0.25, -0.2) is 0 Å². The summed E-state index contributed by atoms with van der Waals surface area (Å²) < 4.78 is 1.99. The van der Waals surface area contributed by atoms with Crippen molar-refractivity contribution in [3.63, 3.8) is 0 Å². The zero-order chi connectivity index (χ0) is 16.4. The van der Waals surface area contributed by atoms with Crippen molar-refractivity contribution in [1.82, 2.24) is 19.6 Å². The van der Waals surface area contributed by atoms with Gasteiger partial charge in [0.05, 0.1) is 12.2 Å². The summed E-state index contributed by atoms with van der Waals surface area (Å²) in [6.07, 6.45) is 1.42. The average molecular weight is 306 g/mol. The van der Waals surface area contributed by atoms with E-state index in [1.807, 2.05) is 18.5 Å². The van der Waals surface area contributed by atoms with Crippen LogP contribution in [-0.4, -0.2) is 51.5 Å². The van der Waals surface area contributed by atoms with E-state index in [9.17, 15) is 9.59 Å². The number of amides is 2. The zero-order valence-electron chi connectivity index (χ0n) is 14.2. The molecule has 0 atom stereocenters. The molecule has 0 saturated carbocycles. The van der Waals surface area contributed by atoms with Crippen molar-refractivity contribution in [2.24, 2.45) is 0 Å². The van der Waals surface area contributed by atoms with E-state index in [-0.39, 0.29) is 18.4 Å². The van der Waals surface area contributed by atoms with E-state index >= 15 is 0 Å². The van der Waals surface area contributed by atoms with Crippen molar-refractivity contribution in [2.45, 2.75) is 53.1 Å². The predicted molar refractivity (Wildman–Crippen MR) is 84.4 cm³/mol. The Bertz CT molecular complexity index is 577. The lowest BCUT2D eigenvalue weighted by molar-refractivity contribution is -0.137. The maximum absolute atomic E-state index is 12.3. The lowest BCUT2D eigenvalue weighted by atomic mass is 10.2. The van der Waals surface area contributed by atoms with Crippen LogP contribution in [0.1, 0.15) is 49.7 Å². The van der Waals surface area contributed by atoms with Gasteiger partial charge in [0.2, 0.25) is 11.8 Å². The Hall–Kier alpha value is -1.85. The van der Waals surface area contributed by atoms with Gasteiger partial charge in [0, 0.05) is 43.9 Å². The molecule has 1 aliphatic rings. The number of likely N-dealkylation sites (tertiary alicyclic amines) is 1. The van der Waals surface area contributed by atoms with E-state index in [4.69, 9.17) is 0 Å². The lowest BCUT2D eigenvalue weighted by Crippen LogP contribution is -2.38. The Kier molecular flexibility index (Phi) is 4.88. The number of likely N-dealkylation sites (N-methyl/N-ethyl adjacent to an activating group) is 1. The summed E-state index contributed by atoms with van der Waals surface area (Å²) in [5.41, 5.74) is 3.16. The smallest absolute Gasteiger partial charge is 0.242 e. The summed E-state index contributed by atoms with van der Waals surface area (Å²) in [5.74, 6) is 0.0630. The van der Waals surface area contributed by atoms with E-state index in [0.717, 1.165) is 23.4 Å². The standard InChI is InChI=1S/C16H26N4O2/c1-11(2)20-13(4)14(12(3)17-20)9-18(5)16(22)10-19-8-6-7-15(19)21/h11H,6-10H2,1-5H3. The molecule has 6 heteroatoms. The minimum absolute atomic E-state index is 0.0219. The highest BCUT2D eigenvalue weighted by atomic mass is 16.2. The number of hydrogen-bond acceptors (Lipinski definition) is 3. The number of nitrogens with zero attached hydrogens (tertiary/aromatic N) is 4. The number of carbonyl (C=O) groups is 2. The second-order valence-corrected chi connectivity index (χ2v) is 6.36. The fraction of sp³-hybridized carbons (Fsp3) is 0.688. The summed E-state index contributed by atoms with van der Waals surface area (Å²) in [6.45, 7) is 9.62. The zero-order valence-corrected chi connectivity index (χ0v) is 14.2. The molecule has 22 heavy (non-hydrogen) atoms. The highest BCUT2D eigenvalue weighted by Gasteiger charge is 2.24. The number of rotatable bonds is 5. The molecule has 0 aromatic carbocycles. The quantitative estimate of drug-likeness (QED) is 0.831. The topological polar surface area (TPSA) is 58.4 Å². The lowest BCUT2D eigenvalue weighted by Gasteiger charge is -2.22. The van der Waals surface area contributed by atoms with Crippen LogP contribution in [0.15, 0.2) is 0 Å². The molecule has 2 heterocycles. The Morgan fingerprint density at radius 1 is 1.36 bits per heavy atom. The minimum Gasteiger partial charge on any atom is -0.340 e. The van der Waals surface area contributed by atoms with Gasteiger partial charge in [-0.15, -0.1) is 0 Å². The molecule has 0 aliphatic carbocycles. The first-order valence-corrected chi connectivity index (χ1v) is 7.87. The second kappa shape index (κ2) is 6.50. The third kappa shape index (κ3) is 3.31. The van der Waals surface area contributed by atoms with Gasteiger partial charge < -0.3 is 9.80 Å². The molecule has 0 spiro atoms. The van der Waals surface area contributed by atoms with Crippen molar-refractivity contribution in [3.8, 4) is 0 Å². The van der Waals surface area contributed by atoms with Crippen molar-refractivity contribution in [2.75, 3.05) is 20.1 Å². The van der Waals surface area contributed by atoms with Crippen LogP contribution in [0.25, 0.3) is 0 Å². The molecule has 2 amide bonds. The third-order valence-electron chi connectivity index (χ3n) is 4.28. The third-order valence-corrected chi connectivity index (χ3v) is 4.28. The molecule has 1 aromatic heterocycles. The van der Waals surface area contributed by atoms with Gasteiger partial charge in [-0.1, -0.05) is 0 Å². The molecular formula is C16H26N4O2. The van der Waals surface area contributed by atoms with E-state index < -0.39 is 0 Å². The van der Waals surface area contributed by atoms with Crippen LogP contribution in [0.2, 0.25) is 0 Å². The van der Waals surface area contributed by atoms with Gasteiger partial charge in [-0.2, -0.15) is 5.10 Å². The van der Waals surface area contributed by atoms with Crippen LogP contribution in [0, 0.1) is 13.8 Å². The summed E-state index contributed by atoms with van der Waals surface area (Å²) in [5, 5.41) is 4.55. The second-order valence-electron chi connectivity index (χ2n) is 6.36. The van der Waals surface area contributed by atoms with Crippen LogP contribution < -0.4 is 0 Å². The fourth-order valence-corrected chi connectivity index (χ4v) is 2.91. The highest BCUT2D eigenvalue weighted by Crippen LogP contribution is 2.19. The summed E-state index contributed by atoms with van der Waals surface area (Å²) in [4.78, 5) is 27.3. The van der Waals surface area contributed by atoms with Gasteiger partial charge >= 0.3 is 0 Å². The van der Waals surface area contributed by atoms with Crippen molar-refractivity contribution in [3.05, 3.63) is 17.0 Å². The van der Waals surface area contributed by atoms with Gasteiger partial charge in [-0.3, -0.25) is 14.3 Å². The van der Waals surface area contributed by atoms with E-state index in [1.54, 1.807) is 16.8 Å². The molecule has 0 unspecified atom stereocenters. The van der Waals surface area contributed by atoms with Gasteiger partial charge in [0.25, 0.3) is 0 Å². The maximum atomic E-state index is 12.3. The van der Waals surface area contributed by atoms with Crippen LogP contribution in [0.3, 0.4) is 0 Å². The number of hydrogen-bond donors (Lipinski definition) is 0. The first-order valence-electron chi connectivity index (χ1n) is 7.87. The summed E-state index contributed by atoms with van der Waals surface area (Å²) in [6, 6.07) is 0.302. The monoisotopic (exact) mass is 306 g/mol. The molecule has 0 N–H and O–H groups in total. The van der Waals surface area contributed by atoms with Crippen molar-refractivity contribution >= 4 is 11.8 Å². The van der Waals surface area contributed by atoms with Crippen molar-refractivity contribution < 1.29 is 9.59 Å². The molecule has 2 rings (SSSR count). The van der Waals surface area contributed by atoms with Gasteiger partial charge in [0.1, 0.15) is 0 Å². The first kappa shape index (κ1) is 16.5. The number of carbonyl (C=O) groups excluding carboxylic acids is 2. The highest BCUT2D eigenvalue weighted by molar-refractivity contribution is 5.85. The summed E-state index contributed by atoms with van der Waals surface area (Å²) >= 11 is 0. The molecule has 1 aliphatic heterocycles. The van der Waals surface area contributed by atoms with Gasteiger partial charge in [0.15, 0.2) is 0 Å². The SMILES string of the molecule is Cc1nn(C(C)C)c(C)c1CN(C)C(=O)CN1CCCC1=O. The Labute approximate surface area is 132 Å². The molecule has 1 saturated heterocycles. The van der Waals surface area contributed by atoms with Crippen molar-refractivity contribution in [1.29, 1.82) is 0 Å². The van der Waals surface area contributed by atoms with Crippen LogP contribution in [0.5, 0.6) is 0 Å².